The van der Waals surface area contributed by atoms with Gasteiger partial charge in [-0.1, -0.05) is 30.3 Å². The number of thiazole rings is 1. The van der Waals surface area contributed by atoms with Crippen LogP contribution >= 0.6 is 22.9 Å². The topological polar surface area (TPSA) is 86.8 Å². The number of nitrogens with one attached hydrogen (secondary N) is 2. The van der Waals surface area contributed by atoms with Crippen LogP contribution in [0.25, 0.3) is 0 Å². The molecule has 2 aromatic heterocycles. The van der Waals surface area contributed by atoms with Gasteiger partial charge in [-0.3, -0.25) is 9.89 Å². The summed E-state index contributed by atoms with van der Waals surface area (Å²) in [6, 6.07) is 10.5. The largest absolute Gasteiger partial charge is 0.365 e. The van der Waals surface area contributed by atoms with Gasteiger partial charge in [0, 0.05) is 43.8 Å². The molecule has 0 radical (unpaired) electrons. The SMILES string of the molecule is CNc1nc(C2(c3ccccc3)CCN(C(=O)CCc3nc(Cl)n[nH]3)CC2)cs1. The number of amides is 1. The van der Waals surface area contributed by atoms with Gasteiger partial charge in [-0.2, -0.15) is 0 Å². The fourth-order valence-corrected chi connectivity index (χ4v) is 4.88. The number of H-pyrrole nitrogens is 1. The highest BCUT2D eigenvalue weighted by Gasteiger charge is 2.40. The highest BCUT2D eigenvalue weighted by molar-refractivity contribution is 7.13. The maximum atomic E-state index is 12.7. The predicted molar refractivity (Wildman–Crippen MR) is 114 cm³/mol. The minimum Gasteiger partial charge on any atom is -0.365 e. The Labute approximate surface area is 178 Å². The number of likely N-dealkylation sites (tertiary alicyclic amines) is 1. The van der Waals surface area contributed by atoms with Crippen LogP contribution in [-0.2, 0) is 16.6 Å². The number of nitrogens with zero attached hydrogens (tertiary/aromatic N) is 4. The lowest BCUT2D eigenvalue weighted by atomic mass is 9.70. The van der Waals surface area contributed by atoms with Crippen molar-refractivity contribution in [3.05, 3.63) is 58.1 Å². The summed E-state index contributed by atoms with van der Waals surface area (Å²) in [5.41, 5.74) is 2.18. The van der Waals surface area contributed by atoms with Crippen molar-refractivity contribution in [1.29, 1.82) is 0 Å². The molecule has 0 aliphatic carbocycles. The summed E-state index contributed by atoms with van der Waals surface area (Å²) in [7, 11) is 1.89. The zero-order valence-corrected chi connectivity index (χ0v) is 17.8. The fraction of sp³-hybridized carbons (Fsp3) is 0.400. The van der Waals surface area contributed by atoms with Gasteiger partial charge in [-0.05, 0) is 30.0 Å². The van der Waals surface area contributed by atoms with E-state index >= 15 is 0 Å². The highest BCUT2D eigenvalue weighted by atomic mass is 35.5. The second-order valence-corrected chi connectivity index (χ2v) is 8.36. The molecule has 1 amide bonds. The third kappa shape index (κ3) is 4.13. The Morgan fingerprint density at radius 2 is 2.03 bits per heavy atom. The number of piperidine rings is 1. The zero-order chi connectivity index (χ0) is 20.3. The molecule has 3 aromatic rings. The van der Waals surface area contributed by atoms with Crippen molar-refractivity contribution in [1.82, 2.24) is 25.1 Å². The summed E-state index contributed by atoms with van der Waals surface area (Å²) in [4.78, 5) is 23.5. The van der Waals surface area contributed by atoms with Gasteiger partial charge in [0.25, 0.3) is 0 Å². The van der Waals surface area contributed by atoms with Crippen LogP contribution in [0.5, 0.6) is 0 Å². The van der Waals surface area contributed by atoms with Crippen molar-refractivity contribution in [3.63, 3.8) is 0 Å². The number of halogens is 1. The quantitative estimate of drug-likeness (QED) is 0.625. The van der Waals surface area contributed by atoms with Gasteiger partial charge in [0.05, 0.1) is 5.69 Å². The predicted octanol–water partition coefficient (Wildman–Crippen LogP) is 3.50. The molecule has 0 atom stereocenters. The Morgan fingerprint density at radius 3 is 2.66 bits per heavy atom. The molecule has 3 heterocycles. The molecule has 1 aromatic carbocycles. The molecule has 1 aliphatic heterocycles. The van der Waals surface area contributed by atoms with Gasteiger partial charge in [0.1, 0.15) is 5.82 Å². The Balaban J connectivity index is 1.48. The number of aromatic amines is 1. The summed E-state index contributed by atoms with van der Waals surface area (Å²) in [6.07, 6.45) is 2.61. The zero-order valence-electron chi connectivity index (χ0n) is 16.2. The van der Waals surface area contributed by atoms with Crippen LogP contribution in [0.15, 0.2) is 35.7 Å². The smallest absolute Gasteiger partial charge is 0.242 e. The number of hydrogen-bond donors (Lipinski definition) is 2. The van der Waals surface area contributed by atoms with E-state index in [2.05, 4.69) is 50.1 Å². The Morgan fingerprint density at radius 1 is 1.28 bits per heavy atom. The number of benzene rings is 1. The Hall–Kier alpha value is -2.45. The molecule has 1 aliphatic rings. The molecular formula is C20H23ClN6OS. The van der Waals surface area contributed by atoms with Gasteiger partial charge in [-0.15, -0.1) is 16.4 Å². The van der Waals surface area contributed by atoms with Gasteiger partial charge in [0.15, 0.2) is 5.13 Å². The van der Waals surface area contributed by atoms with Gasteiger partial charge >= 0.3 is 0 Å². The number of anilines is 1. The van der Waals surface area contributed by atoms with E-state index in [-0.39, 0.29) is 16.6 Å². The summed E-state index contributed by atoms with van der Waals surface area (Å²) >= 11 is 7.35. The van der Waals surface area contributed by atoms with Crippen molar-refractivity contribution in [2.75, 3.05) is 25.5 Å². The molecule has 0 unspecified atom stereocenters. The lowest BCUT2D eigenvalue weighted by Gasteiger charge is -2.41. The molecule has 4 rings (SSSR count). The second kappa shape index (κ2) is 8.51. The van der Waals surface area contributed by atoms with Crippen LogP contribution in [0.3, 0.4) is 0 Å². The number of rotatable bonds is 6. The molecule has 2 N–H and O–H groups in total. The van der Waals surface area contributed by atoms with Crippen LogP contribution in [0, 0.1) is 0 Å². The fourth-order valence-electron chi connectivity index (χ4n) is 3.96. The summed E-state index contributed by atoms with van der Waals surface area (Å²) in [5, 5.41) is 12.9. The van der Waals surface area contributed by atoms with Gasteiger partial charge < -0.3 is 10.2 Å². The van der Waals surface area contributed by atoms with E-state index < -0.39 is 0 Å². The molecule has 1 fully saturated rings. The monoisotopic (exact) mass is 430 g/mol. The first-order valence-electron chi connectivity index (χ1n) is 9.64. The van der Waals surface area contributed by atoms with E-state index in [9.17, 15) is 4.79 Å². The van der Waals surface area contributed by atoms with Crippen molar-refractivity contribution >= 4 is 34.0 Å². The number of aryl methyl sites for hydroxylation is 1. The number of carbonyl (C=O) groups excluding carboxylic acids is 1. The van der Waals surface area contributed by atoms with Crippen molar-refractivity contribution in [2.45, 2.75) is 31.1 Å². The van der Waals surface area contributed by atoms with E-state index in [0.717, 1.165) is 23.7 Å². The van der Waals surface area contributed by atoms with E-state index in [1.54, 1.807) is 11.3 Å². The second-order valence-electron chi connectivity index (χ2n) is 7.17. The first-order valence-corrected chi connectivity index (χ1v) is 10.9. The number of carbonyl (C=O) groups is 1. The van der Waals surface area contributed by atoms with E-state index in [1.165, 1.54) is 5.56 Å². The molecule has 0 spiro atoms. The number of hydrogen-bond acceptors (Lipinski definition) is 6. The van der Waals surface area contributed by atoms with Crippen LogP contribution < -0.4 is 5.32 Å². The highest BCUT2D eigenvalue weighted by Crippen LogP contribution is 2.42. The lowest BCUT2D eigenvalue weighted by Crippen LogP contribution is -2.46. The van der Waals surface area contributed by atoms with Crippen molar-refractivity contribution < 1.29 is 4.79 Å². The minimum absolute atomic E-state index is 0.133. The molecule has 29 heavy (non-hydrogen) atoms. The summed E-state index contributed by atoms with van der Waals surface area (Å²) < 4.78 is 0. The Bertz CT molecular complexity index is 964. The maximum Gasteiger partial charge on any atom is 0.242 e. The standard InChI is InChI=1S/C20H23ClN6OS/c1-22-19-23-15(13-29-19)20(14-5-3-2-4-6-14)9-11-27(12-10-20)17(28)8-7-16-24-18(21)26-25-16/h2-6,13H,7-12H2,1H3,(H,22,23)(H,24,25,26). The number of aromatic nitrogens is 4. The molecular weight excluding hydrogens is 408 g/mol. The van der Waals surface area contributed by atoms with Crippen molar-refractivity contribution in [3.8, 4) is 0 Å². The molecule has 0 bridgehead atoms. The van der Waals surface area contributed by atoms with Crippen LogP contribution in [-0.4, -0.2) is 51.1 Å². The molecule has 0 saturated carbocycles. The van der Waals surface area contributed by atoms with Crippen LogP contribution in [0.1, 0.15) is 36.3 Å². The van der Waals surface area contributed by atoms with E-state index in [0.29, 0.717) is 31.8 Å². The average molecular weight is 431 g/mol. The molecule has 7 nitrogen and oxygen atoms in total. The molecule has 152 valence electrons. The Kier molecular flexibility index (Phi) is 5.82. The van der Waals surface area contributed by atoms with E-state index in [4.69, 9.17) is 16.6 Å². The van der Waals surface area contributed by atoms with Gasteiger partial charge in [-0.25, -0.2) is 9.97 Å². The van der Waals surface area contributed by atoms with Crippen molar-refractivity contribution in [2.24, 2.45) is 0 Å². The lowest BCUT2D eigenvalue weighted by molar-refractivity contribution is -0.132. The van der Waals surface area contributed by atoms with Crippen LogP contribution in [0.2, 0.25) is 5.28 Å². The summed E-state index contributed by atoms with van der Waals surface area (Å²) in [6.45, 7) is 1.41. The first-order chi connectivity index (χ1) is 14.1. The first kappa shape index (κ1) is 19.8. The average Bonchev–Trinajstić information content (AvgIpc) is 3.42. The third-order valence-electron chi connectivity index (χ3n) is 5.58. The molecule has 1 saturated heterocycles. The maximum absolute atomic E-state index is 12.7. The third-order valence-corrected chi connectivity index (χ3v) is 6.61. The van der Waals surface area contributed by atoms with Gasteiger partial charge in [0.2, 0.25) is 11.2 Å². The minimum atomic E-state index is -0.165. The summed E-state index contributed by atoms with van der Waals surface area (Å²) in [5.74, 6) is 0.773. The van der Waals surface area contributed by atoms with E-state index in [1.807, 2.05) is 18.0 Å². The normalized spacial score (nSPS) is 16.0. The van der Waals surface area contributed by atoms with Crippen LogP contribution in [0.4, 0.5) is 5.13 Å². The molecule has 9 heteroatoms.